The van der Waals surface area contributed by atoms with Gasteiger partial charge in [0.25, 0.3) is 0 Å². The lowest BCUT2D eigenvalue weighted by Crippen LogP contribution is -2.24. The van der Waals surface area contributed by atoms with Crippen molar-refractivity contribution < 1.29 is 5.11 Å². The van der Waals surface area contributed by atoms with Gasteiger partial charge in [-0.25, -0.2) is 0 Å². The molecular weight excluding hydrogens is 358 g/mol. The standard InChI is InChI=1S/C14H13Br2NO/c1-14(18,12-4-2-3-5-13(12)16)7-10-6-11(15)9-17-8-10/h2-6,8-9,18H,7H2,1H3. The zero-order valence-electron chi connectivity index (χ0n) is 9.90. The summed E-state index contributed by atoms with van der Waals surface area (Å²) in [6.45, 7) is 1.81. The smallest absolute Gasteiger partial charge is 0.0920 e. The first-order valence-electron chi connectivity index (χ1n) is 5.56. The van der Waals surface area contributed by atoms with E-state index >= 15 is 0 Å². The summed E-state index contributed by atoms with van der Waals surface area (Å²) < 4.78 is 1.83. The first-order chi connectivity index (χ1) is 8.49. The molecule has 0 spiro atoms. The van der Waals surface area contributed by atoms with Crippen LogP contribution in [0.1, 0.15) is 18.1 Å². The summed E-state index contributed by atoms with van der Waals surface area (Å²) in [6, 6.07) is 9.69. The first-order valence-corrected chi connectivity index (χ1v) is 7.14. The predicted octanol–water partition coefficient (Wildman–Crippen LogP) is 4.06. The molecule has 0 fully saturated rings. The van der Waals surface area contributed by atoms with E-state index in [1.165, 1.54) is 0 Å². The molecule has 0 saturated carbocycles. The topological polar surface area (TPSA) is 33.1 Å². The van der Waals surface area contributed by atoms with Gasteiger partial charge in [-0.1, -0.05) is 34.1 Å². The molecule has 1 heterocycles. The molecule has 0 saturated heterocycles. The summed E-state index contributed by atoms with van der Waals surface area (Å²) in [5, 5.41) is 10.6. The molecule has 0 amide bonds. The largest absolute Gasteiger partial charge is 0.385 e. The van der Waals surface area contributed by atoms with Crippen molar-refractivity contribution in [1.29, 1.82) is 0 Å². The van der Waals surface area contributed by atoms with Crippen LogP contribution in [0.4, 0.5) is 0 Å². The van der Waals surface area contributed by atoms with Crippen LogP contribution in [0.15, 0.2) is 51.7 Å². The second-order valence-corrected chi connectivity index (χ2v) is 6.21. The summed E-state index contributed by atoms with van der Waals surface area (Å²) in [6.07, 6.45) is 4.02. The molecular formula is C14H13Br2NO. The molecule has 0 aliphatic heterocycles. The molecule has 2 aromatic rings. The predicted molar refractivity (Wildman–Crippen MR) is 79.4 cm³/mol. The van der Waals surface area contributed by atoms with Gasteiger partial charge in [-0.15, -0.1) is 0 Å². The number of aliphatic hydroxyl groups is 1. The fourth-order valence-corrected chi connectivity index (χ4v) is 3.07. The highest BCUT2D eigenvalue weighted by Crippen LogP contribution is 2.31. The lowest BCUT2D eigenvalue weighted by molar-refractivity contribution is 0.0568. The summed E-state index contributed by atoms with van der Waals surface area (Å²) in [4.78, 5) is 4.11. The van der Waals surface area contributed by atoms with Crippen LogP contribution in [0.5, 0.6) is 0 Å². The van der Waals surface area contributed by atoms with Crippen molar-refractivity contribution in [3.8, 4) is 0 Å². The molecule has 1 unspecified atom stereocenters. The Balaban J connectivity index is 2.30. The van der Waals surface area contributed by atoms with Gasteiger partial charge < -0.3 is 5.11 Å². The van der Waals surface area contributed by atoms with Crippen LogP contribution in [0.2, 0.25) is 0 Å². The lowest BCUT2D eigenvalue weighted by Gasteiger charge is -2.25. The Kier molecular flexibility index (Phi) is 4.20. The molecule has 4 heteroatoms. The fraction of sp³-hybridized carbons (Fsp3) is 0.214. The third kappa shape index (κ3) is 3.19. The van der Waals surface area contributed by atoms with Crippen LogP contribution >= 0.6 is 31.9 Å². The van der Waals surface area contributed by atoms with Crippen LogP contribution < -0.4 is 0 Å². The normalized spacial score (nSPS) is 14.2. The maximum atomic E-state index is 10.6. The van der Waals surface area contributed by atoms with E-state index in [1.807, 2.05) is 37.3 Å². The zero-order chi connectivity index (χ0) is 13.2. The van der Waals surface area contributed by atoms with E-state index < -0.39 is 5.60 Å². The van der Waals surface area contributed by atoms with E-state index in [0.29, 0.717) is 6.42 Å². The summed E-state index contributed by atoms with van der Waals surface area (Å²) in [5.41, 5.74) is 0.942. The van der Waals surface area contributed by atoms with Crippen molar-refractivity contribution in [2.75, 3.05) is 0 Å². The number of rotatable bonds is 3. The van der Waals surface area contributed by atoms with Gasteiger partial charge in [0.1, 0.15) is 0 Å². The molecule has 2 nitrogen and oxygen atoms in total. The second kappa shape index (κ2) is 5.51. The molecule has 1 aromatic carbocycles. The van der Waals surface area contributed by atoms with Crippen molar-refractivity contribution in [3.63, 3.8) is 0 Å². The molecule has 0 aliphatic rings. The zero-order valence-corrected chi connectivity index (χ0v) is 13.1. The molecule has 1 aromatic heterocycles. The van der Waals surface area contributed by atoms with E-state index in [1.54, 1.807) is 12.4 Å². The Bertz CT molecular complexity index is 555. The number of pyridine rings is 1. The maximum absolute atomic E-state index is 10.6. The SMILES string of the molecule is CC(O)(Cc1cncc(Br)c1)c1ccccc1Br. The molecule has 94 valence electrons. The monoisotopic (exact) mass is 369 g/mol. The van der Waals surface area contributed by atoms with Crippen molar-refractivity contribution in [3.05, 3.63) is 62.8 Å². The van der Waals surface area contributed by atoms with Crippen molar-refractivity contribution in [2.45, 2.75) is 18.9 Å². The van der Waals surface area contributed by atoms with Crippen molar-refractivity contribution in [1.82, 2.24) is 4.98 Å². The van der Waals surface area contributed by atoms with Crippen molar-refractivity contribution >= 4 is 31.9 Å². The summed E-state index contributed by atoms with van der Waals surface area (Å²) >= 11 is 6.86. The third-order valence-electron chi connectivity index (χ3n) is 2.76. The van der Waals surface area contributed by atoms with Crippen LogP contribution in [0.3, 0.4) is 0 Å². The minimum absolute atomic E-state index is 0.516. The average molecular weight is 371 g/mol. The number of hydrogen-bond acceptors (Lipinski definition) is 2. The number of benzene rings is 1. The molecule has 18 heavy (non-hydrogen) atoms. The Hall–Kier alpha value is -0.710. The van der Waals surface area contributed by atoms with Crippen LogP contribution in [0, 0.1) is 0 Å². The Morgan fingerprint density at radius 3 is 2.61 bits per heavy atom. The molecule has 0 aliphatic carbocycles. The van der Waals surface area contributed by atoms with Gasteiger partial charge in [-0.2, -0.15) is 0 Å². The first kappa shape index (κ1) is 13.7. The van der Waals surface area contributed by atoms with E-state index in [0.717, 1.165) is 20.1 Å². The summed E-state index contributed by atoms with van der Waals surface area (Å²) in [5.74, 6) is 0. The highest BCUT2D eigenvalue weighted by Gasteiger charge is 2.25. The molecule has 0 bridgehead atoms. The van der Waals surface area contributed by atoms with Gasteiger partial charge in [0.05, 0.1) is 5.60 Å². The van der Waals surface area contributed by atoms with Gasteiger partial charge in [-0.05, 0) is 46.1 Å². The quantitative estimate of drug-likeness (QED) is 0.883. The number of nitrogens with zero attached hydrogens (tertiary/aromatic N) is 1. The Labute approximate surface area is 123 Å². The van der Waals surface area contributed by atoms with Gasteiger partial charge in [-0.3, -0.25) is 4.98 Å². The van der Waals surface area contributed by atoms with Crippen LogP contribution in [-0.2, 0) is 12.0 Å². The van der Waals surface area contributed by atoms with E-state index in [2.05, 4.69) is 36.8 Å². The van der Waals surface area contributed by atoms with Crippen LogP contribution in [-0.4, -0.2) is 10.1 Å². The van der Waals surface area contributed by atoms with E-state index in [9.17, 15) is 5.11 Å². The fourth-order valence-electron chi connectivity index (χ4n) is 1.94. The molecule has 0 radical (unpaired) electrons. The Morgan fingerprint density at radius 1 is 1.22 bits per heavy atom. The minimum atomic E-state index is -0.928. The van der Waals surface area contributed by atoms with Crippen molar-refractivity contribution in [2.24, 2.45) is 0 Å². The molecule has 1 atom stereocenters. The van der Waals surface area contributed by atoms with Gasteiger partial charge in [0.15, 0.2) is 0 Å². The number of halogens is 2. The maximum Gasteiger partial charge on any atom is 0.0920 e. The van der Waals surface area contributed by atoms with Gasteiger partial charge in [0.2, 0.25) is 0 Å². The Morgan fingerprint density at radius 2 is 1.94 bits per heavy atom. The minimum Gasteiger partial charge on any atom is -0.385 e. The second-order valence-electron chi connectivity index (χ2n) is 4.44. The summed E-state index contributed by atoms with van der Waals surface area (Å²) in [7, 11) is 0. The van der Waals surface area contributed by atoms with Gasteiger partial charge in [0, 0.05) is 27.8 Å². The van der Waals surface area contributed by atoms with E-state index in [4.69, 9.17) is 0 Å². The van der Waals surface area contributed by atoms with Gasteiger partial charge >= 0.3 is 0 Å². The highest BCUT2D eigenvalue weighted by atomic mass is 79.9. The van der Waals surface area contributed by atoms with E-state index in [-0.39, 0.29) is 0 Å². The highest BCUT2D eigenvalue weighted by molar-refractivity contribution is 9.10. The molecule has 2 rings (SSSR count). The van der Waals surface area contributed by atoms with Crippen LogP contribution in [0.25, 0.3) is 0 Å². The lowest BCUT2D eigenvalue weighted by atomic mass is 9.90. The number of hydrogen-bond donors (Lipinski definition) is 1. The number of aromatic nitrogens is 1. The molecule has 1 N–H and O–H groups in total. The average Bonchev–Trinajstić information content (AvgIpc) is 2.28. The third-order valence-corrected chi connectivity index (χ3v) is 3.89.